The van der Waals surface area contributed by atoms with Crippen LogP contribution in [0.15, 0.2) is 38.0 Å². The van der Waals surface area contributed by atoms with Crippen LogP contribution < -0.4 is 0 Å². The molecule has 0 radical (unpaired) electrons. The fourth-order valence-corrected chi connectivity index (χ4v) is 1.05. The van der Waals surface area contributed by atoms with Gasteiger partial charge < -0.3 is 5.11 Å². The number of aliphatic hydroxyl groups is 1. The monoisotopic (exact) mass is 182 g/mol. The Morgan fingerprint density at radius 3 is 2.38 bits per heavy atom. The minimum atomic E-state index is -0.592. The molecule has 0 saturated heterocycles. The molecular formula is C11H18O2. The lowest BCUT2D eigenvalue weighted by Gasteiger charge is -2.08. The van der Waals surface area contributed by atoms with E-state index in [0.29, 0.717) is 6.42 Å². The predicted molar refractivity (Wildman–Crippen MR) is 56.4 cm³/mol. The van der Waals surface area contributed by atoms with Crippen LogP contribution in [0.4, 0.5) is 0 Å². The third-order valence-electron chi connectivity index (χ3n) is 1.66. The molecule has 2 unspecified atom stereocenters. The molecule has 0 fully saturated rings. The van der Waals surface area contributed by atoms with Gasteiger partial charge in [0.1, 0.15) is 0 Å². The minimum Gasteiger partial charge on any atom is -0.388 e. The third-order valence-corrected chi connectivity index (χ3v) is 1.66. The maximum Gasteiger partial charge on any atom is 0.161 e. The van der Waals surface area contributed by atoms with Crippen LogP contribution in [-0.2, 0) is 4.79 Å². The van der Waals surface area contributed by atoms with Gasteiger partial charge in [-0.1, -0.05) is 19.6 Å². The van der Waals surface area contributed by atoms with E-state index in [1.165, 1.54) is 12.2 Å². The summed E-state index contributed by atoms with van der Waals surface area (Å²) in [5, 5.41) is 9.14. The van der Waals surface area contributed by atoms with Crippen LogP contribution in [0.25, 0.3) is 0 Å². The van der Waals surface area contributed by atoms with Gasteiger partial charge in [0.05, 0.1) is 12.0 Å². The zero-order chi connectivity index (χ0) is 9.56. The molecular weight excluding hydrogens is 164 g/mol. The molecule has 13 heavy (non-hydrogen) atoms. The van der Waals surface area contributed by atoms with Crippen molar-refractivity contribution in [2.24, 2.45) is 5.92 Å². The molecule has 0 amide bonds. The van der Waals surface area contributed by atoms with E-state index >= 15 is 0 Å². The van der Waals surface area contributed by atoms with Crippen LogP contribution in [0.2, 0.25) is 0 Å². The third kappa shape index (κ3) is 3.85. The number of hydrogen-bond acceptors (Lipinski definition) is 2. The van der Waals surface area contributed by atoms with Gasteiger partial charge in [0.15, 0.2) is 5.78 Å². The van der Waals surface area contributed by atoms with Crippen molar-refractivity contribution >= 4 is 5.78 Å². The van der Waals surface area contributed by atoms with Crippen LogP contribution in [0, 0.1) is 5.92 Å². The summed E-state index contributed by atoms with van der Waals surface area (Å²) in [6.07, 6.45) is 4.58. The molecule has 0 aliphatic heterocycles. The SMILES string of the molecule is C.C=C.C=CCC1C(=O)C=CC1O. The van der Waals surface area contributed by atoms with E-state index in [9.17, 15) is 4.79 Å². The van der Waals surface area contributed by atoms with Crippen molar-refractivity contribution in [2.75, 3.05) is 0 Å². The standard InChI is InChI=1S/C8H10O2.C2H4.CH4/c1-2-3-6-7(9)4-5-8(6)10;1-2;/h2,4-7,9H,1,3H2;1-2H2;1H4. The first-order valence-electron chi connectivity index (χ1n) is 3.76. The van der Waals surface area contributed by atoms with Gasteiger partial charge >= 0.3 is 0 Å². The van der Waals surface area contributed by atoms with Crippen LogP contribution in [0.3, 0.4) is 0 Å². The summed E-state index contributed by atoms with van der Waals surface area (Å²) >= 11 is 0. The predicted octanol–water partition coefficient (Wildman–Crippen LogP) is 2.12. The van der Waals surface area contributed by atoms with Gasteiger partial charge in [-0.2, -0.15) is 0 Å². The van der Waals surface area contributed by atoms with Crippen LogP contribution in [0.1, 0.15) is 13.8 Å². The van der Waals surface area contributed by atoms with Gasteiger partial charge in [-0.15, -0.1) is 19.7 Å². The molecule has 1 aliphatic rings. The molecule has 0 aromatic rings. The first-order valence-corrected chi connectivity index (χ1v) is 3.76. The van der Waals surface area contributed by atoms with Crippen LogP contribution in [-0.4, -0.2) is 17.0 Å². The van der Waals surface area contributed by atoms with Crippen molar-refractivity contribution in [1.82, 2.24) is 0 Å². The summed E-state index contributed by atoms with van der Waals surface area (Å²) in [7, 11) is 0. The van der Waals surface area contributed by atoms with Crippen molar-refractivity contribution in [3.05, 3.63) is 38.0 Å². The van der Waals surface area contributed by atoms with Crippen molar-refractivity contribution in [3.63, 3.8) is 0 Å². The number of carbonyl (C=O) groups is 1. The lowest BCUT2D eigenvalue weighted by Crippen LogP contribution is -2.18. The molecule has 2 atom stereocenters. The van der Waals surface area contributed by atoms with E-state index in [2.05, 4.69) is 19.7 Å². The number of rotatable bonds is 2. The van der Waals surface area contributed by atoms with E-state index in [4.69, 9.17) is 5.11 Å². The highest BCUT2D eigenvalue weighted by atomic mass is 16.3. The van der Waals surface area contributed by atoms with E-state index in [0.717, 1.165) is 0 Å². The zero-order valence-electron chi connectivity index (χ0n) is 7.07. The molecule has 0 heterocycles. The Morgan fingerprint density at radius 1 is 1.54 bits per heavy atom. The van der Waals surface area contributed by atoms with Crippen molar-refractivity contribution in [2.45, 2.75) is 20.0 Å². The molecule has 0 aromatic carbocycles. The number of carbonyl (C=O) groups excluding carboxylic acids is 1. The second kappa shape index (κ2) is 7.50. The molecule has 1 aliphatic carbocycles. The average molecular weight is 182 g/mol. The summed E-state index contributed by atoms with van der Waals surface area (Å²) in [6, 6.07) is 0. The van der Waals surface area contributed by atoms with Gasteiger partial charge in [0, 0.05) is 0 Å². The first kappa shape index (κ1) is 14.4. The second-order valence-electron chi connectivity index (χ2n) is 2.38. The fraction of sp³-hybridized carbons (Fsp3) is 0.364. The Kier molecular flexibility index (Phi) is 8.29. The Hall–Kier alpha value is -1.15. The Bertz CT molecular complexity index is 194. The van der Waals surface area contributed by atoms with Gasteiger partial charge in [0.2, 0.25) is 0 Å². The molecule has 74 valence electrons. The summed E-state index contributed by atoms with van der Waals surface area (Å²) in [5.41, 5.74) is 0. The maximum absolute atomic E-state index is 10.9. The van der Waals surface area contributed by atoms with Crippen molar-refractivity contribution in [1.29, 1.82) is 0 Å². The summed E-state index contributed by atoms with van der Waals surface area (Å²) in [5.74, 6) is -0.259. The Labute approximate surface area is 80.3 Å². The average Bonchev–Trinajstić information content (AvgIpc) is 2.40. The van der Waals surface area contributed by atoms with E-state index in [1.807, 2.05) is 0 Å². The van der Waals surface area contributed by atoms with Crippen LogP contribution in [0.5, 0.6) is 0 Å². The number of hydrogen-bond donors (Lipinski definition) is 1. The first-order chi connectivity index (χ1) is 5.75. The highest BCUT2D eigenvalue weighted by molar-refractivity contribution is 5.95. The topological polar surface area (TPSA) is 37.3 Å². The number of ketones is 1. The van der Waals surface area contributed by atoms with Gasteiger partial charge in [-0.05, 0) is 12.5 Å². The van der Waals surface area contributed by atoms with E-state index in [1.54, 1.807) is 6.08 Å². The zero-order valence-corrected chi connectivity index (χ0v) is 7.07. The molecule has 2 heteroatoms. The maximum atomic E-state index is 10.9. The quantitative estimate of drug-likeness (QED) is 0.664. The molecule has 0 aromatic heterocycles. The molecule has 1 N–H and O–H groups in total. The highest BCUT2D eigenvalue weighted by Crippen LogP contribution is 2.18. The van der Waals surface area contributed by atoms with Gasteiger partial charge in [-0.25, -0.2) is 0 Å². The largest absolute Gasteiger partial charge is 0.388 e. The molecule has 0 spiro atoms. The lowest BCUT2D eigenvalue weighted by atomic mass is 10.0. The smallest absolute Gasteiger partial charge is 0.161 e. The van der Waals surface area contributed by atoms with E-state index in [-0.39, 0.29) is 19.1 Å². The highest BCUT2D eigenvalue weighted by Gasteiger charge is 2.26. The Morgan fingerprint density at radius 2 is 2.08 bits per heavy atom. The molecule has 0 bridgehead atoms. The van der Waals surface area contributed by atoms with Gasteiger partial charge in [0.25, 0.3) is 0 Å². The second-order valence-corrected chi connectivity index (χ2v) is 2.38. The van der Waals surface area contributed by atoms with Crippen molar-refractivity contribution in [3.8, 4) is 0 Å². The van der Waals surface area contributed by atoms with Gasteiger partial charge in [-0.3, -0.25) is 4.79 Å². The number of allylic oxidation sites excluding steroid dienone is 2. The Balaban J connectivity index is 0. The fourth-order valence-electron chi connectivity index (χ4n) is 1.05. The number of aliphatic hydroxyl groups excluding tert-OH is 1. The normalized spacial score (nSPS) is 24.2. The molecule has 2 nitrogen and oxygen atoms in total. The lowest BCUT2D eigenvalue weighted by molar-refractivity contribution is -0.119. The van der Waals surface area contributed by atoms with Crippen LogP contribution >= 0.6 is 0 Å². The summed E-state index contributed by atoms with van der Waals surface area (Å²) in [6.45, 7) is 9.50. The minimum absolute atomic E-state index is 0. The summed E-state index contributed by atoms with van der Waals surface area (Å²) < 4.78 is 0. The van der Waals surface area contributed by atoms with Crippen molar-refractivity contribution < 1.29 is 9.90 Å². The van der Waals surface area contributed by atoms with E-state index < -0.39 is 6.10 Å². The molecule has 0 saturated carbocycles. The molecule has 1 rings (SSSR count). The summed E-state index contributed by atoms with van der Waals surface area (Å²) in [4.78, 5) is 10.9.